The topological polar surface area (TPSA) is 145 Å². The van der Waals surface area contributed by atoms with Crippen molar-refractivity contribution in [3.63, 3.8) is 0 Å². The van der Waals surface area contributed by atoms with Crippen LogP contribution in [0.15, 0.2) is 18.2 Å². The Morgan fingerprint density at radius 2 is 1.88 bits per heavy atom. The monoisotopic (exact) mass is 351 g/mol. The third-order valence-electron chi connectivity index (χ3n) is 3.27. The highest BCUT2D eigenvalue weighted by atomic mass is 16.6. The second-order valence-electron chi connectivity index (χ2n) is 4.87. The number of urea groups is 1. The molecule has 25 heavy (non-hydrogen) atoms. The SMILES string of the molecule is COC(=O)c1cc(C(=O)OCC(=O)N2CCNC2=O)cc([N+](=O)[O-])c1. The summed E-state index contributed by atoms with van der Waals surface area (Å²) >= 11 is 0. The number of ether oxygens (including phenoxy) is 2. The van der Waals surface area contributed by atoms with Crippen molar-refractivity contribution in [2.75, 3.05) is 26.8 Å². The molecule has 0 bridgehead atoms. The molecule has 0 radical (unpaired) electrons. The van der Waals surface area contributed by atoms with Crippen LogP contribution in [0.2, 0.25) is 0 Å². The molecule has 1 N–H and O–H groups in total. The molecule has 0 saturated carbocycles. The number of nitrogens with one attached hydrogen (secondary N) is 1. The Labute approximate surface area is 140 Å². The van der Waals surface area contributed by atoms with E-state index in [-0.39, 0.29) is 17.7 Å². The molecule has 1 saturated heterocycles. The first-order valence-electron chi connectivity index (χ1n) is 6.96. The van der Waals surface area contributed by atoms with Crippen LogP contribution >= 0.6 is 0 Å². The molecule has 1 heterocycles. The van der Waals surface area contributed by atoms with Gasteiger partial charge in [-0.1, -0.05) is 0 Å². The Balaban J connectivity index is 2.13. The average Bonchev–Trinajstić information content (AvgIpc) is 3.04. The number of hydrogen-bond acceptors (Lipinski definition) is 8. The predicted molar refractivity (Wildman–Crippen MR) is 79.8 cm³/mol. The summed E-state index contributed by atoms with van der Waals surface area (Å²) in [5.74, 6) is -2.66. The molecule has 132 valence electrons. The summed E-state index contributed by atoms with van der Waals surface area (Å²) < 4.78 is 9.23. The van der Waals surface area contributed by atoms with Crippen LogP contribution in [0.3, 0.4) is 0 Å². The van der Waals surface area contributed by atoms with Gasteiger partial charge in [0.1, 0.15) is 0 Å². The van der Waals surface area contributed by atoms with Gasteiger partial charge in [-0.3, -0.25) is 19.8 Å². The van der Waals surface area contributed by atoms with Crippen molar-refractivity contribution < 1.29 is 33.6 Å². The smallest absolute Gasteiger partial charge is 0.338 e. The van der Waals surface area contributed by atoms with E-state index in [9.17, 15) is 29.3 Å². The molecule has 3 amide bonds. The minimum absolute atomic E-state index is 0.151. The van der Waals surface area contributed by atoms with Crippen molar-refractivity contribution >= 4 is 29.6 Å². The number of carbonyl (C=O) groups excluding carboxylic acids is 4. The van der Waals surface area contributed by atoms with Crippen LogP contribution in [0.25, 0.3) is 0 Å². The van der Waals surface area contributed by atoms with Crippen molar-refractivity contribution in [3.8, 4) is 0 Å². The standard InChI is InChI=1S/C14H13N3O8/c1-24-12(19)8-4-9(6-10(5-8)17(22)23)13(20)25-7-11(18)16-3-2-15-14(16)21/h4-6H,2-3,7H2,1H3,(H,15,21). The number of methoxy groups -OCH3 is 1. The molecule has 1 aliphatic heterocycles. The molecule has 1 fully saturated rings. The van der Waals surface area contributed by atoms with E-state index in [4.69, 9.17) is 4.74 Å². The summed E-state index contributed by atoms with van der Waals surface area (Å²) in [5.41, 5.74) is -1.03. The average molecular weight is 351 g/mol. The van der Waals surface area contributed by atoms with Gasteiger partial charge in [0.15, 0.2) is 6.61 Å². The molecule has 11 heteroatoms. The van der Waals surface area contributed by atoms with E-state index >= 15 is 0 Å². The molecule has 0 aromatic heterocycles. The highest BCUT2D eigenvalue weighted by Gasteiger charge is 2.27. The maximum Gasteiger partial charge on any atom is 0.338 e. The first-order valence-corrected chi connectivity index (χ1v) is 6.96. The van der Waals surface area contributed by atoms with E-state index in [2.05, 4.69) is 10.1 Å². The van der Waals surface area contributed by atoms with Crippen LogP contribution in [-0.2, 0) is 14.3 Å². The minimum atomic E-state index is -1.05. The number of hydrogen-bond donors (Lipinski definition) is 1. The number of nitro groups is 1. The molecule has 0 unspecified atom stereocenters. The highest BCUT2D eigenvalue weighted by molar-refractivity contribution is 5.99. The van der Waals surface area contributed by atoms with Crippen molar-refractivity contribution in [1.82, 2.24) is 10.2 Å². The molecular weight excluding hydrogens is 338 g/mol. The summed E-state index contributed by atoms with van der Waals surface area (Å²) in [6.07, 6.45) is 0. The van der Waals surface area contributed by atoms with Crippen molar-refractivity contribution in [2.24, 2.45) is 0 Å². The van der Waals surface area contributed by atoms with E-state index in [1.165, 1.54) is 0 Å². The molecule has 0 spiro atoms. The summed E-state index contributed by atoms with van der Waals surface area (Å²) in [5, 5.41) is 13.3. The van der Waals surface area contributed by atoms with Gasteiger partial charge in [-0.05, 0) is 6.07 Å². The van der Waals surface area contributed by atoms with Gasteiger partial charge in [-0.15, -0.1) is 0 Å². The zero-order chi connectivity index (χ0) is 18.6. The zero-order valence-electron chi connectivity index (χ0n) is 13.0. The van der Waals surface area contributed by atoms with E-state index in [1.807, 2.05) is 0 Å². The van der Waals surface area contributed by atoms with Crippen molar-refractivity contribution in [2.45, 2.75) is 0 Å². The van der Waals surface area contributed by atoms with Gasteiger partial charge in [0.05, 0.1) is 23.2 Å². The van der Waals surface area contributed by atoms with E-state index in [0.717, 1.165) is 30.2 Å². The third kappa shape index (κ3) is 4.07. The quantitative estimate of drug-likeness (QED) is 0.446. The number of benzene rings is 1. The molecule has 11 nitrogen and oxygen atoms in total. The summed E-state index contributed by atoms with van der Waals surface area (Å²) in [6.45, 7) is -0.271. The molecular formula is C14H13N3O8. The number of non-ortho nitro benzene ring substituents is 1. The van der Waals surface area contributed by atoms with Crippen LogP contribution in [0, 0.1) is 10.1 Å². The van der Waals surface area contributed by atoms with E-state index < -0.39 is 41.1 Å². The fourth-order valence-corrected chi connectivity index (χ4v) is 2.07. The first-order chi connectivity index (χ1) is 11.8. The second kappa shape index (κ2) is 7.38. The van der Waals surface area contributed by atoms with Gasteiger partial charge >= 0.3 is 18.0 Å². The maximum atomic E-state index is 12.0. The van der Waals surface area contributed by atoms with Crippen LogP contribution in [-0.4, -0.2) is 60.5 Å². The lowest BCUT2D eigenvalue weighted by Gasteiger charge is -2.12. The Bertz CT molecular complexity index is 760. The van der Waals surface area contributed by atoms with Crippen LogP contribution in [0.4, 0.5) is 10.5 Å². The normalized spacial score (nSPS) is 13.2. The third-order valence-corrected chi connectivity index (χ3v) is 3.27. The summed E-state index contributed by atoms with van der Waals surface area (Å²) in [7, 11) is 1.08. The van der Waals surface area contributed by atoms with Crippen LogP contribution < -0.4 is 5.32 Å². The Morgan fingerprint density at radius 1 is 1.24 bits per heavy atom. The molecule has 1 aromatic carbocycles. The van der Waals surface area contributed by atoms with Crippen molar-refractivity contribution in [3.05, 3.63) is 39.4 Å². The Kier molecular flexibility index (Phi) is 5.27. The van der Waals surface area contributed by atoms with Gasteiger partial charge < -0.3 is 14.8 Å². The molecule has 0 aliphatic carbocycles. The molecule has 1 aromatic rings. The van der Waals surface area contributed by atoms with Gasteiger partial charge in [0, 0.05) is 25.2 Å². The fourth-order valence-electron chi connectivity index (χ4n) is 2.07. The van der Waals surface area contributed by atoms with Crippen LogP contribution in [0.5, 0.6) is 0 Å². The predicted octanol–water partition coefficient (Wildman–Crippen LogP) is 0.0900. The van der Waals surface area contributed by atoms with Gasteiger partial charge in [-0.2, -0.15) is 0 Å². The number of imide groups is 1. The molecule has 0 atom stereocenters. The van der Waals surface area contributed by atoms with E-state index in [0.29, 0.717) is 6.54 Å². The Hall–Kier alpha value is -3.50. The number of amides is 3. The maximum absolute atomic E-state index is 12.0. The van der Waals surface area contributed by atoms with Crippen molar-refractivity contribution in [1.29, 1.82) is 0 Å². The number of rotatable bonds is 5. The number of carbonyl (C=O) groups is 4. The molecule has 2 rings (SSSR count). The summed E-state index contributed by atoms with van der Waals surface area (Å²) in [6, 6.07) is 2.31. The molecule has 1 aliphatic rings. The first kappa shape index (κ1) is 17.8. The summed E-state index contributed by atoms with van der Waals surface area (Å²) in [4.78, 5) is 57.7. The number of nitrogens with zero attached hydrogens (tertiary/aromatic N) is 2. The largest absolute Gasteiger partial charge is 0.465 e. The minimum Gasteiger partial charge on any atom is -0.465 e. The lowest BCUT2D eigenvalue weighted by Crippen LogP contribution is -2.37. The second-order valence-corrected chi connectivity index (χ2v) is 4.87. The van der Waals surface area contributed by atoms with Gasteiger partial charge in [0.2, 0.25) is 0 Å². The van der Waals surface area contributed by atoms with Gasteiger partial charge in [0.25, 0.3) is 11.6 Å². The zero-order valence-corrected chi connectivity index (χ0v) is 13.0. The number of esters is 2. The fraction of sp³-hybridized carbons (Fsp3) is 0.286. The lowest BCUT2D eigenvalue weighted by atomic mass is 10.1. The number of nitro benzene ring substituents is 1. The van der Waals surface area contributed by atoms with E-state index in [1.54, 1.807) is 0 Å². The van der Waals surface area contributed by atoms with Crippen LogP contribution in [0.1, 0.15) is 20.7 Å². The highest BCUT2D eigenvalue weighted by Crippen LogP contribution is 2.19. The van der Waals surface area contributed by atoms with Gasteiger partial charge in [-0.25, -0.2) is 14.4 Å². The lowest BCUT2D eigenvalue weighted by molar-refractivity contribution is -0.384. The Morgan fingerprint density at radius 3 is 2.40 bits per heavy atom.